The maximum atomic E-state index is 15.5. The number of aliphatic hydroxyl groups excluding tert-OH is 3. The highest BCUT2D eigenvalue weighted by Gasteiger charge is 2.43. The van der Waals surface area contributed by atoms with E-state index in [1.165, 1.54) is 39.0 Å². The van der Waals surface area contributed by atoms with Gasteiger partial charge in [-0.15, -0.1) is 10.2 Å². The summed E-state index contributed by atoms with van der Waals surface area (Å²) in [6.45, 7) is 11.7. The van der Waals surface area contributed by atoms with Gasteiger partial charge in [-0.1, -0.05) is 96.9 Å². The third-order valence-electron chi connectivity index (χ3n) is 18.1. The third kappa shape index (κ3) is 25.7. The predicted molar refractivity (Wildman–Crippen MR) is 378 cm³/mol. The average molecular weight is 1450 g/mol. The molecule has 0 unspecified atom stereocenters. The number of aliphatic hydroxyl groups is 3. The number of hydrogen-bond donors (Lipinski definition) is 13. The van der Waals surface area contributed by atoms with Gasteiger partial charge in [0.1, 0.15) is 35.1 Å². The van der Waals surface area contributed by atoms with E-state index in [0.717, 1.165) is 66.1 Å². The zero-order chi connectivity index (χ0) is 77.2. The van der Waals surface area contributed by atoms with Crippen LogP contribution in [-0.2, 0) is 89.6 Å². The summed E-state index contributed by atoms with van der Waals surface area (Å²) in [5.41, 5.74) is 19.3. The molecule has 0 radical (unpaired) electrons. The van der Waals surface area contributed by atoms with Gasteiger partial charge in [-0.25, -0.2) is 4.39 Å². The van der Waals surface area contributed by atoms with E-state index in [-0.39, 0.29) is 30.7 Å². The van der Waals surface area contributed by atoms with Crippen LogP contribution in [0, 0.1) is 42.3 Å². The highest BCUT2D eigenvalue weighted by atomic mass is 19.1. The Morgan fingerprint density at radius 2 is 1.29 bits per heavy atom. The lowest BCUT2D eigenvalue weighted by Crippen LogP contribution is -2.55. The molecule has 0 aliphatic heterocycles. The van der Waals surface area contributed by atoms with Gasteiger partial charge in [0.2, 0.25) is 41.4 Å². The van der Waals surface area contributed by atoms with Gasteiger partial charge in [0.05, 0.1) is 55.3 Å². The summed E-state index contributed by atoms with van der Waals surface area (Å²) >= 11 is 0. The maximum Gasteiger partial charge on any atom is 0.305 e. The lowest BCUT2D eigenvalue weighted by atomic mass is 9.76. The van der Waals surface area contributed by atoms with E-state index in [1.54, 1.807) is 12.1 Å². The minimum atomic E-state index is -2.09. The van der Waals surface area contributed by atoms with Gasteiger partial charge >= 0.3 is 5.97 Å². The molecule has 7 amide bonds. The molecular weight excluding hydrogens is 1350 g/mol. The topological polar surface area (TPSA) is 488 Å². The number of unbranched alkanes of at least 4 members (excludes halogenated alkanes) is 1. The van der Waals surface area contributed by atoms with Crippen LogP contribution >= 0.6 is 0 Å². The van der Waals surface area contributed by atoms with Gasteiger partial charge in [0.15, 0.2) is 29.0 Å². The minimum Gasteiger partial charge on any atom is -0.494 e. The van der Waals surface area contributed by atoms with Crippen LogP contribution in [0.1, 0.15) is 145 Å². The van der Waals surface area contributed by atoms with Crippen LogP contribution in [0.2, 0.25) is 0 Å². The molecule has 0 aliphatic rings. The number of nitrogens with zero attached hydrogens (tertiary/aromatic N) is 3. The molecule has 29 nitrogen and oxygen atoms in total. The number of carbonyl (C=O) groups excluding carboxylic acids is 11. The van der Waals surface area contributed by atoms with E-state index in [9.17, 15) is 78.0 Å². The fourth-order valence-electron chi connectivity index (χ4n) is 11.9. The molecular formula is C74H99FN12O17. The number of hydrogen-bond acceptors (Lipinski definition) is 20. The molecule has 10 atom stereocenters. The van der Waals surface area contributed by atoms with Crippen LogP contribution in [0.3, 0.4) is 0 Å². The predicted octanol–water partition coefficient (Wildman–Crippen LogP) is 2.47. The number of rotatable bonds is 46. The zero-order valence-corrected chi connectivity index (χ0v) is 60.1. The quantitative estimate of drug-likeness (QED) is 0.0197. The number of primary amides is 2. The van der Waals surface area contributed by atoms with Crippen LogP contribution in [0.15, 0.2) is 84.9 Å². The smallest absolute Gasteiger partial charge is 0.305 e. The summed E-state index contributed by atoms with van der Waals surface area (Å²) in [6, 6.07) is 15.9. The number of aromatic amines is 1. The number of benzene rings is 4. The number of Topliss-reactive ketones (excluding diaryl/α,β-unsaturated/α-hetero) is 4. The molecule has 5 rings (SSSR count). The van der Waals surface area contributed by atoms with Crippen molar-refractivity contribution >= 4 is 70.5 Å². The summed E-state index contributed by atoms with van der Waals surface area (Å²) in [4.78, 5) is 164. The summed E-state index contributed by atoms with van der Waals surface area (Å²) in [5.74, 6) is -15.6. The first-order valence-electron chi connectivity index (χ1n) is 34.6. The minimum absolute atomic E-state index is 0.0207. The number of nitrogens with two attached hydrogens (primary N) is 3. The Bertz CT molecular complexity index is 3810. The van der Waals surface area contributed by atoms with Crippen molar-refractivity contribution in [3.63, 3.8) is 0 Å². The van der Waals surface area contributed by atoms with Gasteiger partial charge < -0.3 is 68.9 Å². The zero-order valence-electron chi connectivity index (χ0n) is 60.1. The molecule has 1 heterocycles. The van der Waals surface area contributed by atoms with Gasteiger partial charge in [-0.2, -0.15) is 5.21 Å². The average Bonchev–Trinajstić information content (AvgIpc) is 0.841. The number of aromatic nitrogens is 4. The number of carboxylic acid groups (broad SMARTS) is 1. The highest BCUT2D eigenvalue weighted by Crippen LogP contribution is 2.32. The normalized spacial score (nSPS) is 14.6. The van der Waals surface area contributed by atoms with Gasteiger partial charge in [-0.3, -0.25) is 57.5 Å². The summed E-state index contributed by atoms with van der Waals surface area (Å²) in [7, 11) is 0. The number of halogens is 1. The van der Waals surface area contributed by atoms with E-state index < -0.39 is 193 Å². The number of H-pyrrole nitrogens is 1. The largest absolute Gasteiger partial charge is 0.494 e. The number of nitrogens with one attached hydrogen (secondary N) is 6. The van der Waals surface area contributed by atoms with Crippen LogP contribution in [0.25, 0.3) is 11.1 Å². The van der Waals surface area contributed by atoms with Crippen molar-refractivity contribution in [3.05, 3.63) is 130 Å². The van der Waals surface area contributed by atoms with Crippen molar-refractivity contribution in [1.82, 2.24) is 47.2 Å². The molecule has 16 N–H and O–H groups in total. The van der Waals surface area contributed by atoms with Crippen LogP contribution in [0.4, 0.5) is 4.39 Å². The first-order chi connectivity index (χ1) is 49.1. The monoisotopic (exact) mass is 1450 g/mol. The van der Waals surface area contributed by atoms with Crippen LogP contribution in [0.5, 0.6) is 5.75 Å². The summed E-state index contributed by atoms with van der Waals surface area (Å²) in [6.07, 6.45) is -6.00. The number of ketones is 4. The third-order valence-corrected chi connectivity index (χ3v) is 18.1. The van der Waals surface area contributed by atoms with Crippen molar-refractivity contribution in [1.29, 1.82) is 0 Å². The Kier molecular flexibility index (Phi) is 32.7. The number of carbonyl (C=O) groups is 12. The van der Waals surface area contributed by atoms with Crippen molar-refractivity contribution in [2.75, 3.05) is 19.8 Å². The van der Waals surface area contributed by atoms with E-state index in [1.807, 2.05) is 69.3 Å². The molecule has 0 saturated heterocycles. The van der Waals surface area contributed by atoms with Gasteiger partial charge in [0, 0.05) is 44.4 Å². The van der Waals surface area contributed by atoms with E-state index in [4.69, 9.17) is 21.9 Å². The second kappa shape index (κ2) is 40.1. The van der Waals surface area contributed by atoms with Crippen molar-refractivity contribution < 1.29 is 87.1 Å². The number of carboxylic acids is 1. The SMILES string of the molecule is CCc1cc(OCCCCN)ccc1-c1ccc(C[C@H](CC(=O)[C@H](CC(=O)O)NC(=O)[C@H](CO)CC(=O)[C@@H](NC(=O)[C@@](C)(CC(=O)[C@@H](NC(=O)CCC(=O)[C@H](Cc2nn[nH]n2)NC(=O)C(C)(C)C(N)=O)[C@@H](C)O)Cc2ccccc2F)[C@@H](C)O)C(=O)N[C@@H](CCCc2cc(C)cc(C)c2)C(N)=O)cc1. The van der Waals surface area contributed by atoms with Crippen LogP contribution < -0.4 is 48.5 Å². The number of tetrazole rings is 1. The van der Waals surface area contributed by atoms with E-state index in [2.05, 4.69) is 47.2 Å². The lowest BCUT2D eigenvalue weighted by molar-refractivity contribution is -0.142. The summed E-state index contributed by atoms with van der Waals surface area (Å²) in [5, 5.41) is 68.2. The van der Waals surface area contributed by atoms with E-state index >= 15 is 4.39 Å². The maximum absolute atomic E-state index is 15.5. The standard InChI is InChI=1S/C74H99FN12O17/c1-9-47-33-52(104-28-13-12-27-76)23-24-53(47)48-21-19-45(20-22-48)32-50(68(99)79-55(67(77)98)18-14-15-46-30-41(2)29-42(3)31-46)34-59(92)57(37-64(96)97)80-69(100)51(40-88)35-60(93)65(43(4)89)83-72(103)74(8,38-49-16-10-11-17-54(49)75)39-61(94)66(44(5)90)82-63(95)26-25-58(91)56(36-62-84-86-87-85-62)81-71(102)73(6,7)70(78)101/h10-11,16-17,19-24,29-31,33,43-44,50-51,55-57,65-66,88-90H,9,12-15,18,25-28,32,34-40,76H2,1-8H3,(H2,77,98)(H2,78,101)(H,79,99)(H,80,100)(H,81,102)(H,82,95)(H,83,103)(H,96,97)(H,84,85,86,87)/t43-,44-,50-,51+,55+,56+,57+,65+,66+,74-/m1/s1. The molecule has 1 aromatic heterocycles. The molecule has 30 heteroatoms. The molecule has 104 heavy (non-hydrogen) atoms. The Balaban J connectivity index is 1.36. The fraction of sp³-hybridized carbons (Fsp3) is 0.500. The molecule has 0 aliphatic carbocycles. The fourth-order valence-corrected chi connectivity index (χ4v) is 11.9. The molecule has 564 valence electrons. The number of aryl methyl sites for hydroxylation is 4. The Labute approximate surface area is 602 Å². The second-order valence-corrected chi connectivity index (χ2v) is 27.3. The van der Waals surface area contributed by atoms with E-state index in [0.29, 0.717) is 43.7 Å². The van der Waals surface area contributed by atoms with Crippen molar-refractivity contribution in [2.24, 2.45) is 39.9 Å². The lowest BCUT2D eigenvalue weighted by Gasteiger charge is -2.33. The second-order valence-electron chi connectivity index (χ2n) is 27.3. The molecule has 5 aromatic rings. The molecule has 0 bridgehead atoms. The van der Waals surface area contributed by atoms with Crippen molar-refractivity contribution in [3.8, 4) is 16.9 Å². The Morgan fingerprint density at radius 1 is 0.654 bits per heavy atom. The number of amides is 7. The summed E-state index contributed by atoms with van der Waals surface area (Å²) < 4.78 is 21.4. The van der Waals surface area contributed by atoms with Crippen LogP contribution in [-0.4, -0.2) is 174 Å². The van der Waals surface area contributed by atoms with Gasteiger partial charge in [-0.05, 0) is 151 Å². The Morgan fingerprint density at radius 3 is 1.88 bits per heavy atom. The number of aliphatic carboxylic acids is 1. The first-order valence-corrected chi connectivity index (χ1v) is 34.6. The number of ether oxygens (including phenoxy) is 1. The van der Waals surface area contributed by atoms with Crippen molar-refractivity contribution in [2.45, 2.75) is 194 Å². The highest BCUT2D eigenvalue weighted by molar-refractivity contribution is 6.05. The first kappa shape index (κ1) is 84.6. The van der Waals surface area contributed by atoms with Gasteiger partial charge in [0.25, 0.3) is 0 Å². The molecule has 0 saturated carbocycles. The molecule has 0 spiro atoms. The molecule has 0 fully saturated rings. The Hall–Kier alpha value is -10.0. The molecule has 4 aromatic carbocycles.